The summed E-state index contributed by atoms with van der Waals surface area (Å²) < 4.78 is 62.6. The molecule has 1 aromatic rings. The van der Waals surface area contributed by atoms with Crippen molar-refractivity contribution in [1.82, 2.24) is 0 Å². The maximum absolute atomic E-state index is 14.1. The van der Waals surface area contributed by atoms with Gasteiger partial charge in [0.05, 0.1) is 12.2 Å². The number of hydrogen-bond acceptors (Lipinski definition) is 4. The SMILES string of the molecule is CCCCCCCCCCCCCCCCOC(=O)C(C)(C)C(=O)Oc1cccc(C(F)(F)F)c1F. The number of halogens is 4. The summed E-state index contributed by atoms with van der Waals surface area (Å²) in [6, 6.07) is 2.37. The molecule has 0 atom stereocenters. The average Bonchev–Trinajstić information content (AvgIpc) is 2.81. The molecule has 4 nitrogen and oxygen atoms in total. The molecule has 1 aromatic carbocycles. The summed E-state index contributed by atoms with van der Waals surface area (Å²) in [7, 11) is 0. The van der Waals surface area contributed by atoms with Gasteiger partial charge in [0.1, 0.15) is 0 Å². The van der Waals surface area contributed by atoms with Gasteiger partial charge in [-0.05, 0) is 32.4 Å². The second-order valence-electron chi connectivity index (χ2n) is 9.86. The highest BCUT2D eigenvalue weighted by atomic mass is 19.4. The predicted octanol–water partition coefficient (Wildman–Crippen LogP) is 8.80. The lowest BCUT2D eigenvalue weighted by atomic mass is 9.94. The summed E-state index contributed by atoms with van der Waals surface area (Å²) in [5, 5.41) is 0. The van der Waals surface area contributed by atoms with E-state index in [2.05, 4.69) is 6.92 Å². The van der Waals surface area contributed by atoms with Crippen molar-refractivity contribution in [2.24, 2.45) is 5.41 Å². The van der Waals surface area contributed by atoms with Gasteiger partial charge in [0, 0.05) is 0 Å². The highest BCUT2D eigenvalue weighted by molar-refractivity contribution is 5.99. The van der Waals surface area contributed by atoms with Crippen LogP contribution in [0.3, 0.4) is 0 Å². The average molecular weight is 519 g/mol. The molecule has 0 bridgehead atoms. The fraction of sp³-hybridized carbons (Fsp3) is 0.714. The van der Waals surface area contributed by atoms with Crippen molar-refractivity contribution >= 4 is 11.9 Å². The van der Waals surface area contributed by atoms with Gasteiger partial charge in [-0.1, -0.05) is 96.5 Å². The third kappa shape index (κ3) is 11.7. The van der Waals surface area contributed by atoms with Crippen LogP contribution in [0, 0.1) is 11.2 Å². The van der Waals surface area contributed by atoms with Gasteiger partial charge in [-0.15, -0.1) is 0 Å². The Bertz CT molecular complexity index is 790. The molecule has 206 valence electrons. The summed E-state index contributed by atoms with van der Waals surface area (Å²) >= 11 is 0. The number of esters is 2. The number of benzene rings is 1. The first-order chi connectivity index (χ1) is 17.0. The highest BCUT2D eigenvalue weighted by Crippen LogP contribution is 2.35. The largest absolute Gasteiger partial charge is 0.465 e. The van der Waals surface area contributed by atoms with Crippen molar-refractivity contribution in [3.05, 3.63) is 29.6 Å². The van der Waals surface area contributed by atoms with Gasteiger partial charge < -0.3 is 9.47 Å². The number of carbonyl (C=O) groups is 2. The van der Waals surface area contributed by atoms with Crippen LogP contribution in [-0.4, -0.2) is 18.5 Å². The summed E-state index contributed by atoms with van der Waals surface area (Å²) in [5.41, 5.74) is -3.34. The van der Waals surface area contributed by atoms with E-state index < -0.39 is 40.7 Å². The first kappa shape index (κ1) is 31.9. The van der Waals surface area contributed by atoms with Crippen molar-refractivity contribution in [2.45, 2.75) is 117 Å². The third-order valence-corrected chi connectivity index (χ3v) is 6.22. The molecule has 36 heavy (non-hydrogen) atoms. The van der Waals surface area contributed by atoms with E-state index in [0.717, 1.165) is 31.4 Å². The maximum Gasteiger partial charge on any atom is 0.419 e. The monoisotopic (exact) mass is 518 g/mol. The van der Waals surface area contributed by atoms with Crippen LogP contribution >= 0.6 is 0 Å². The van der Waals surface area contributed by atoms with Crippen LogP contribution in [0.4, 0.5) is 17.6 Å². The molecule has 0 saturated heterocycles. The summed E-state index contributed by atoms with van der Waals surface area (Å²) in [6.07, 6.45) is 11.8. The number of ether oxygens (including phenoxy) is 2. The molecule has 0 saturated carbocycles. The van der Waals surface area contributed by atoms with Crippen molar-refractivity contribution in [2.75, 3.05) is 6.61 Å². The van der Waals surface area contributed by atoms with Crippen molar-refractivity contribution in [3.63, 3.8) is 0 Å². The van der Waals surface area contributed by atoms with Crippen LogP contribution in [-0.2, 0) is 20.5 Å². The van der Waals surface area contributed by atoms with Gasteiger partial charge >= 0.3 is 18.1 Å². The number of rotatable bonds is 18. The molecule has 0 N–H and O–H groups in total. The first-order valence-corrected chi connectivity index (χ1v) is 13.3. The summed E-state index contributed by atoms with van der Waals surface area (Å²) in [6.45, 7) is 4.82. The Labute approximate surface area is 213 Å². The molecule has 0 aliphatic carbocycles. The molecule has 0 aliphatic rings. The zero-order valence-electron chi connectivity index (χ0n) is 22.0. The van der Waals surface area contributed by atoms with Crippen LogP contribution in [0.15, 0.2) is 18.2 Å². The van der Waals surface area contributed by atoms with Crippen LogP contribution in [0.5, 0.6) is 5.75 Å². The standard InChI is InChI=1S/C28H42F4O4/c1-4-5-6-7-8-9-10-11-12-13-14-15-16-17-21-35-25(33)27(2,3)26(34)36-23-20-18-19-22(24(23)29)28(30,31)32/h18-20H,4-17,21H2,1-3H3. The fourth-order valence-corrected chi connectivity index (χ4v) is 3.76. The topological polar surface area (TPSA) is 52.6 Å². The summed E-state index contributed by atoms with van der Waals surface area (Å²) in [4.78, 5) is 24.7. The molecule has 0 spiro atoms. The maximum atomic E-state index is 14.1. The Balaban J connectivity index is 2.22. The molecule has 0 fully saturated rings. The zero-order chi connectivity index (χ0) is 27.0. The third-order valence-electron chi connectivity index (χ3n) is 6.22. The second-order valence-corrected chi connectivity index (χ2v) is 9.86. The van der Waals surface area contributed by atoms with Crippen LogP contribution in [0.2, 0.25) is 0 Å². The van der Waals surface area contributed by atoms with E-state index in [1.165, 1.54) is 78.1 Å². The lowest BCUT2D eigenvalue weighted by Gasteiger charge is -2.21. The Kier molecular flexibility index (Phi) is 14.7. The Morgan fingerprint density at radius 1 is 0.750 bits per heavy atom. The molecular formula is C28H42F4O4. The van der Waals surface area contributed by atoms with Crippen molar-refractivity contribution < 1.29 is 36.6 Å². The highest BCUT2D eigenvalue weighted by Gasteiger charge is 2.41. The van der Waals surface area contributed by atoms with Gasteiger partial charge in [-0.2, -0.15) is 13.2 Å². The molecule has 0 unspecified atom stereocenters. The zero-order valence-corrected chi connectivity index (χ0v) is 22.0. The minimum atomic E-state index is -4.94. The fourth-order valence-electron chi connectivity index (χ4n) is 3.76. The van der Waals surface area contributed by atoms with E-state index in [1.807, 2.05) is 0 Å². The van der Waals surface area contributed by atoms with E-state index in [-0.39, 0.29) is 6.61 Å². The molecule has 0 amide bonds. The van der Waals surface area contributed by atoms with Gasteiger partial charge in [0.15, 0.2) is 17.0 Å². The van der Waals surface area contributed by atoms with Gasteiger partial charge in [-0.25, -0.2) is 4.39 Å². The molecule has 1 rings (SSSR count). The lowest BCUT2D eigenvalue weighted by molar-refractivity contribution is -0.165. The van der Waals surface area contributed by atoms with E-state index in [0.29, 0.717) is 12.5 Å². The van der Waals surface area contributed by atoms with E-state index in [4.69, 9.17) is 9.47 Å². The number of unbranched alkanes of at least 4 members (excludes halogenated alkanes) is 13. The van der Waals surface area contributed by atoms with Crippen LogP contribution < -0.4 is 4.74 Å². The van der Waals surface area contributed by atoms with E-state index >= 15 is 0 Å². The molecule has 0 aliphatic heterocycles. The molecule has 0 radical (unpaired) electrons. The quantitative estimate of drug-likeness (QED) is 0.0641. The molecule has 0 heterocycles. The van der Waals surface area contributed by atoms with Crippen molar-refractivity contribution in [3.8, 4) is 5.75 Å². The van der Waals surface area contributed by atoms with Gasteiger partial charge in [-0.3, -0.25) is 9.59 Å². The Morgan fingerprint density at radius 3 is 1.69 bits per heavy atom. The van der Waals surface area contributed by atoms with E-state index in [9.17, 15) is 27.2 Å². The predicted molar refractivity (Wildman–Crippen MR) is 132 cm³/mol. The van der Waals surface area contributed by atoms with Gasteiger partial charge in [0.2, 0.25) is 0 Å². The molecule has 0 aromatic heterocycles. The minimum Gasteiger partial charge on any atom is -0.465 e. The van der Waals surface area contributed by atoms with Crippen LogP contribution in [0.25, 0.3) is 0 Å². The van der Waals surface area contributed by atoms with Crippen molar-refractivity contribution in [1.29, 1.82) is 0 Å². The number of alkyl halides is 3. The van der Waals surface area contributed by atoms with Crippen LogP contribution in [0.1, 0.15) is 116 Å². The summed E-state index contributed by atoms with van der Waals surface area (Å²) in [5.74, 6) is -4.64. The van der Waals surface area contributed by atoms with Gasteiger partial charge in [0.25, 0.3) is 0 Å². The normalized spacial score (nSPS) is 12.0. The molecule has 8 heteroatoms. The first-order valence-electron chi connectivity index (χ1n) is 13.3. The Morgan fingerprint density at radius 2 is 1.22 bits per heavy atom. The number of hydrogen-bond donors (Lipinski definition) is 0. The Hall–Kier alpha value is -2.12. The smallest absolute Gasteiger partial charge is 0.419 e. The minimum absolute atomic E-state index is 0.130. The lowest BCUT2D eigenvalue weighted by Crippen LogP contribution is -2.38. The van der Waals surface area contributed by atoms with E-state index in [1.54, 1.807) is 0 Å². The molecular weight excluding hydrogens is 476 g/mol. The number of carbonyl (C=O) groups excluding carboxylic acids is 2. The second kappa shape index (κ2) is 16.6.